The van der Waals surface area contributed by atoms with Gasteiger partial charge in [0.05, 0.1) is 5.69 Å². The highest BCUT2D eigenvalue weighted by Gasteiger charge is 2.01. The third-order valence-electron chi connectivity index (χ3n) is 1.72. The summed E-state index contributed by atoms with van der Waals surface area (Å²) < 4.78 is 0. The molecule has 0 unspecified atom stereocenters. The van der Waals surface area contributed by atoms with Crippen molar-refractivity contribution in [3.05, 3.63) is 30.0 Å². The van der Waals surface area contributed by atoms with Gasteiger partial charge >= 0.3 is 0 Å². The number of anilines is 1. The van der Waals surface area contributed by atoms with Gasteiger partial charge in [0.2, 0.25) is 0 Å². The van der Waals surface area contributed by atoms with Crippen molar-refractivity contribution in [2.75, 3.05) is 19.0 Å². The highest BCUT2D eigenvalue weighted by Crippen LogP contribution is 2.14. The molecule has 1 aromatic heterocycles. The molecule has 1 rings (SSSR count). The molecule has 2 heteroatoms. The van der Waals surface area contributed by atoms with Crippen molar-refractivity contribution >= 4 is 11.9 Å². The van der Waals surface area contributed by atoms with Crippen LogP contribution in [0.3, 0.4) is 0 Å². The van der Waals surface area contributed by atoms with Gasteiger partial charge in [0.25, 0.3) is 0 Å². The van der Waals surface area contributed by atoms with E-state index >= 15 is 0 Å². The summed E-state index contributed by atoms with van der Waals surface area (Å²) in [6, 6.07) is 4.02. The van der Waals surface area contributed by atoms with Crippen LogP contribution in [0.2, 0.25) is 0 Å². The summed E-state index contributed by atoms with van der Waals surface area (Å²) in [4.78, 5) is 6.40. The average molecular weight is 162 g/mol. The van der Waals surface area contributed by atoms with Crippen LogP contribution < -0.4 is 4.90 Å². The molecule has 0 radical (unpaired) electrons. The van der Waals surface area contributed by atoms with E-state index in [2.05, 4.69) is 24.6 Å². The lowest BCUT2D eigenvalue weighted by Crippen LogP contribution is -2.12. The Labute approximate surface area is 73.5 Å². The molecule has 0 atom stereocenters. The predicted octanol–water partition coefficient (Wildman–Crippen LogP) is 2.10. The molecule has 0 bridgehead atoms. The fourth-order valence-electron chi connectivity index (χ4n) is 1.10. The van der Waals surface area contributed by atoms with Crippen molar-refractivity contribution in [2.24, 2.45) is 0 Å². The summed E-state index contributed by atoms with van der Waals surface area (Å²) in [7, 11) is 3.98. The zero-order valence-electron chi connectivity index (χ0n) is 7.83. The molecule has 0 saturated carbocycles. The van der Waals surface area contributed by atoms with Crippen molar-refractivity contribution in [1.29, 1.82) is 0 Å². The molecule has 12 heavy (non-hydrogen) atoms. The highest BCUT2D eigenvalue weighted by molar-refractivity contribution is 5.51. The molecule has 0 fully saturated rings. The Balaban J connectivity index is 3.16. The van der Waals surface area contributed by atoms with E-state index < -0.39 is 0 Å². The lowest BCUT2D eigenvalue weighted by Gasteiger charge is -2.14. The topological polar surface area (TPSA) is 16.1 Å². The lowest BCUT2D eigenvalue weighted by atomic mass is 10.2. The van der Waals surface area contributed by atoms with Crippen LogP contribution in [0.5, 0.6) is 0 Å². The van der Waals surface area contributed by atoms with E-state index in [1.54, 1.807) is 6.08 Å². The predicted molar refractivity (Wildman–Crippen MR) is 53.4 cm³/mol. The van der Waals surface area contributed by atoms with Crippen molar-refractivity contribution in [3.8, 4) is 0 Å². The van der Waals surface area contributed by atoms with Crippen LogP contribution in [-0.2, 0) is 0 Å². The smallest absolute Gasteiger partial charge is 0.131 e. The van der Waals surface area contributed by atoms with Crippen LogP contribution >= 0.6 is 0 Å². The van der Waals surface area contributed by atoms with Crippen molar-refractivity contribution in [1.82, 2.24) is 4.98 Å². The number of nitrogens with zero attached hydrogens (tertiary/aromatic N) is 2. The van der Waals surface area contributed by atoms with E-state index in [1.807, 2.05) is 25.1 Å². The van der Waals surface area contributed by atoms with Crippen LogP contribution in [0.1, 0.15) is 11.3 Å². The maximum atomic E-state index is 4.40. The molecule has 0 aliphatic carbocycles. The van der Waals surface area contributed by atoms with Crippen molar-refractivity contribution < 1.29 is 0 Å². The second-order valence-electron chi connectivity index (χ2n) is 2.98. The van der Waals surface area contributed by atoms with E-state index in [1.165, 1.54) is 5.56 Å². The third-order valence-corrected chi connectivity index (χ3v) is 1.72. The summed E-state index contributed by atoms with van der Waals surface area (Å²) >= 11 is 0. The fraction of sp³-hybridized carbons (Fsp3) is 0.300. The third kappa shape index (κ3) is 1.64. The zero-order chi connectivity index (χ0) is 9.14. The first-order chi connectivity index (χ1) is 5.65. The Morgan fingerprint density at radius 1 is 1.42 bits per heavy atom. The van der Waals surface area contributed by atoms with Gasteiger partial charge in [-0.2, -0.15) is 0 Å². The first kappa shape index (κ1) is 8.78. The normalized spacial score (nSPS) is 9.58. The van der Waals surface area contributed by atoms with Crippen molar-refractivity contribution in [3.63, 3.8) is 0 Å². The summed E-state index contributed by atoms with van der Waals surface area (Å²) in [6.07, 6.45) is 1.76. The van der Waals surface area contributed by atoms with Crippen LogP contribution in [0.15, 0.2) is 18.7 Å². The largest absolute Gasteiger partial charge is 0.363 e. The molecular formula is C10H14N2. The number of aryl methyl sites for hydroxylation is 1. The second-order valence-corrected chi connectivity index (χ2v) is 2.98. The summed E-state index contributed by atoms with van der Waals surface area (Å²) in [6.45, 7) is 5.73. The molecule has 1 heterocycles. The van der Waals surface area contributed by atoms with E-state index in [-0.39, 0.29) is 0 Å². The number of hydrogen-bond donors (Lipinski definition) is 0. The summed E-state index contributed by atoms with van der Waals surface area (Å²) in [5.41, 5.74) is 2.11. The van der Waals surface area contributed by atoms with E-state index in [0.29, 0.717) is 0 Å². The molecule has 0 saturated heterocycles. The fourth-order valence-corrected chi connectivity index (χ4v) is 1.10. The quantitative estimate of drug-likeness (QED) is 0.662. The molecule has 0 aliphatic rings. The second kappa shape index (κ2) is 3.39. The summed E-state index contributed by atoms with van der Waals surface area (Å²) in [5, 5.41) is 0. The molecule has 2 nitrogen and oxygen atoms in total. The lowest BCUT2D eigenvalue weighted by molar-refractivity contribution is 1.04. The molecule has 0 aliphatic heterocycles. The van der Waals surface area contributed by atoms with Gasteiger partial charge in [0.1, 0.15) is 5.82 Å². The highest BCUT2D eigenvalue weighted by atomic mass is 15.1. The maximum Gasteiger partial charge on any atom is 0.131 e. The minimum atomic E-state index is 0.921. The van der Waals surface area contributed by atoms with E-state index in [9.17, 15) is 0 Å². The maximum absolute atomic E-state index is 4.40. The van der Waals surface area contributed by atoms with Gasteiger partial charge < -0.3 is 4.90 Å². The van der Waals surface area contributed by atoms with Crippen LogP contribution in [0, 0.1) is 6.92 Å². The van der Waals surface area contributed by atoms with Gasteiger partial charge in [-0.1, -0.05) is 12.6 Å². The van der Waals surface area contributed by atoms with Gasteiger partial charge in [-0.05, 0) is 24.6 Å². The molecule has 0 aromatic carbocycles. The van der Waals surface area contributed by atoms with Gasteiger partial charge in [0, 0.05) is 14.1 Å². The van der Waals surface area contributed by atoms with Gasteiger partial charge in [-0.25, -0.2) is 4.98 Å². The van der Waals surface area contributed by atoms with Crippen LogP contribution in [0.25, 0.3) is 6.08 Å². The van der Waals surface area contributed by atoms with E-state index in [4.69, 9.17) is 0 Å². The SMILES string of the molecule is C=Cc1ccc(C)c(N(C)C)n1. The molecular weight excluding hydrogens is 148 g/mol. The van der Waals surface area contributed by atoms with Crippen LogP contribution in [-0.4, -0.2) is 19.1 Å². The first-order valence-electron chi connectivity index (χ1n) is 3.92. The number of aromatic nitrogens is 1. The molecule has 0 amide bonds. The molecule has 0 spiro atoms. The van der Waals surface area contributed by atoms with E-state index in [0.717, 1.165) is 11.5 Å². The minimum Gasteiger partial charge on any atom is -0.363 e. The Kier molecular flexibility index (Phi) is 2.48. The molecule has 0 N–H and O–H groups in total. The van der Waals surface area contributed by atoms with Gasteiger partial charge in [-0.3, -0.25) is 0 Å². The Bertz CT molecular complexity index is 290. The molecule has 64 valence electrons. The monoisotopic (exact) mass is 162 g/mol. The van der Waals surface area contributed by atoms with Crippen LogP contribution in [0.4, 0.5) is 5.82 Å². The van der Waals surface area contributed by atoms with Gasteiger partial charge in [0.15, 0.2) is 0 Å². The van der Waals surface area contributed by atoms with Gasteiger partial charge in [-0.15, -0.1) is 0 Å². The van der Waals surface area contributed by atoms with Crippen molar-refractivity contribution in [2.45, 2.75) is 6.92 Å². The average Bonchev–Trinajstić information content (AvgIpc) is 2.05. The number of rotatable bonds is 2. The Hall–Kier alpha value is -1.31. The first-order valence-corrected chi connectivity index (χ1v) is 3.92. The Morgan fingerprint density at radius 2 is 2.08 bits per heavy atom. The summed E-state index contributed by atoms with van der Waals surface area (Å²) in [5.74, 6) is 1.01. The number of pyridine rings is 1. The number of hydrogen-bond acceptors (Lipinski definition) is 2. The Morgan fingerprint density at radius 3 is 2.58 bits per heavy atom. The standard InChI is InChI=1S/C10H14N2/c1-5-9-7-6-8(2)10(11-9)12(3)4/h5-7H,1H2,2-4H3. The molecule has 1 aromatic rings. The minimum absolute atomic E-state index is 0.921. The zero-order valence-corrected chi connectivity index (χ0v) is 7.83.